The van der Waals surface area contributed by atoms with Gasteiger partial charge in [0.1, 0.15) is 30.5 Å². The van der Waals surface area contributed by atoms with Crippen LogP contribution in [0, 0.1) is 5.41 Å². The molecule has 1 amide bonds. The van der Waals surface area contributed by atoms with Crippen molar-refractivity contribution in [1.82, 2.24) is 4.90 Å². The topological polar surface area (TPSA) is 93.4 Å². The number of carbonyl (C=O) groups excluding carboxylic acids is 1. The lowest BCUT2D eigenvalue weighted by Crippen LogP contribution is -2.38. The van der Waals surface area contributed by atoms with Gasteiger partial charge in [-0.15, -0.1) is 0 Å². The molecule has 0 atom stereocenters. The number of nitrogens with zero attached hydrogens (tertiary/aromatic N) is 2. The number of hydrogen-bond donors (Lipinski definition) is 1. The fourth-order valence-electron chi connectivity index (χ4n) is 4.07. The highest BCUT2D eigenvalue weighted by atomic mass is 32.2. The van der Waals surface area contributed by atoms with Gasteiger partial charge in [-0.1, -0.05) is 48.2 Å². The van der Waals surface area contributed by atoms with Crippen molar-refractivity contribution in [2.75, 3.05) is 26.9 Å². The number of benzene rings is 3. The summed E-state index contributed by atoms with van der Waals surface area (Å²) in [6.45, 7) is 2.99. The Morgan fingerprint density at radius 1 is 0.923 bits per heavy atom. The molecule has 2 aliphatic rings. The van der Waals surface area contributed by atoms with Gasteiger partial charge in [0.2, 0.25) is 0 Å². The molecule has 0 bridgehead atoms. The first-order valence-electron chi connectivity index (χ1n) is 12.4. The van der Waals surface area contributed by atoms with Crippen LogP contribution in [0.5, 0.6) is 23.0 Å². The number of rotatable bonds is 10. The Morgan fingerprint density at radius 3 is 2.41 bits per heavy atom. The standard InChI is InChI=1S/C30H27N3O5S/c1-3-36-27-18-20(9-14-26(27)38-16-15-37-23-12-10-22(35-2)11-13-23)17-24-28(31)33-25(21-7-5-4-6-8-21)19-39-30(33)32-29(24)34/h4-14,17-19,31H,3,15-16H2,1-2H3/b24-17-,31-28?. The molecule has 8 nitrogen and oxygen atoms in total. The van der Waals surface area contributed by atoms with Gasteiger partial charge in [-0.05, 0) is 60.5 Å². The molecule has 0 unspecified atom stereocenters. The smallest absolute Gasteiger partial charge is 0.283 e. The summed E-state index contributed by atoms with van der Waals surface area (Å²) in [5.41, 5.74) is 2.67. The first-order chi connectivity index (χ1) is 19.1. The Bertz CT molecular complexity index is 1470. The Morgan fingerprint density at radius 2 is 1.67 bits per heavy atom. The van der Waals surface area contributed by atoms with Gasteiger partial charge in [-0.2, -0.15) is 4.99 Å². The van der Waals surface area contributed by atoms with E-state index in [1.165, 1.54) is 11.8 Å². The van der Waals surface area contributed by atoms with Crippen LogP contribution in [-0.4, -0.2) is 48.7 Å². The van der Waals surface area contributed by atoms with E-state index in [1.54, 1.807) is 30.2 Å². The molecule has 3 aromatic carbocycles. The van der Waals surface area contributed by atoms with Crippen molar-refractivity contribution in [1.29, 1.82) is 5.41 Å². The molecule has 0 aliphatic carbocycles. The Hall–Kier alpha value is -4.50. The van der Waals surface area contributed by atoms with E-state index < -0.39 is 5.91 Å². The highest BCUT2D eigenvalue weighted by molar-refractivity contribution is 8.17. The molecular weight excluding hydrogens is 514 g/mol. The largest absolute Gasteiger partial charge is 0.497 e. The average molecular weight is 542 g/mol. The zero-order chi connectivity index (χ0) is 27.2. The van der Waals surface area contributed by atoms with Crippen molar-refractivity contribution < 1.29 is 23.7 Å². The Balaban J connectivity index is 1.30. The second-order valence-electron chi connectivity index (χ2n) is 8.44. The third-order valence-electron chi connectivity index (χ3n) is 5.93. The number of amidine groups is 2. The number of aliphatic imine (C=N–C) groups is 1. The maximum atomic E-state index is 12.9. The molecule has 0 radical (unpaired) electrons. The molecule has 0 saturated carbocycles. The van der Waals surface area contributed by atoms with E-state index in [9.17, 15) is 4.79 Å². The van der Waals surface area contributed by atoms with E-state index in [1.807, 2.05) is 73.0 Å². The summed E-state index contributed by atoms with van der Waals surface area (Å²) in [6, 6.07) is 22.5. The number of fused-ring (bicyclic) bond motifs is 1. The van der Waals surface area contributed by atoms with Crippen molar-refractivity contribution in [2.45, 2.75) is 6.92 Å². The van der Waals surface area contributed by atoms with Gasteiger partial charge >= 0.3 is 0 Å². The summed E-state index contributed by atoms with van der Waals surface area (Å²) in [6.07, 6.45) is 1.66. The van der Waals surface area contributed by atoms with Crippen LogP contribution in [0.2, 0.25) is 0 Å². The number of carbonyl (C=O) groups is 1. The Kier molecular flexibility index (Phi) is 7.98. The molecule has 0 spiro atoms. The van der Waals surface area contributed by atoms with Crippen molar-refractivity contribution in [3.05, 3.63) is 94.9 Å². The lowest BCUT2D eigenvalue weighted by Gasteiger charge is -2.27. The highest BCUT2D eigenvalue weighted by Crippen LogP contribution is 2.38. The van der Waals surface area contributed by atoms with E-state index in [4.69, 9.17) is 24.4 Å². The van der Waals surface area contributed by atoms with Crippen LogP contribution >= 0.6 is 11.8 Å². The zero-order valence-corrected chi connectivity index (χ0v) is 22.4. The summed E-state index contributed by atoms with van der Waals surface area (Å²) in [5.74, 6) is 2.22. The molecule has 39 heavy (non-hydrogen) atoms. The molecule has 3 aromatic rings. The molecule has 5 rings (SSSR count). The van der Waals surface area contributed by atoms with E-state index in [2.05, 4.69) is 4.99 Å². The van der Waals surface area contributed by atoms with Crippen LogP contribution in [0.25, 0.3) is 11.8 Å². The Labute approximate surface area is 231 Å². The fraction of sp³-hybridized carbons (Fsp3) is 0.167. The summed E-state index contributed by atoms with van der Waals surface area (Å²) in [5, 5.41) is 11.2. The number of ether oxygens (including phenoxy) is 4. The monoisotopic (exact) mass is 541 g/mol. The van der Waals surface area contributed by atoms with Gasteiger partial charge in [0.05, 0.1) is 25.0 Å². The number of methoxy groups -OCH3 is 1. The van der Waals surface area contributed by atoms with Crippen molar-refractivity contribution >= 4 is 40.4 Å². The summed E-state index contributed by atoms with van der Waals surface area (Å²) in [4.78, 5) is 18.8. The van der Waals surface area contributed by atoms with E-state index >= 15 is 0 Å². The fourth-order valence-corrected chi connectivity index (χ4v) is 4.96. The van der Waals surface area contributed by atoms with Crippen molar-refractivity contribution in [3.8, 4) is 23.0 Å². The summed E-state index contributed by atoms with van der Waals surface area (Å²) >= 11 is 1.34. The second kappa shape index (κ2) is 11.9. The normalized spacial score (nSPS) is 15.5. The van der Waals surface area contributed by atoms with Gasteiger partial charge in [0.15, 0.2) is 16.7 Å². The number of thioether (sulfide) groups is 1. The van der Waals surface area contributed by atoms with Gasteiger partial charge in [0.25, 0.3) is 5.91 Å². The van der Waals surface area contributed by atoms with Crippen molar-refractivity contribution in [2.24, 2.45) is 4.99 Å². The molecule has 1 N–H and O–H groups in total. The maximum Gasteiger partial charge on any atom is 0.283 e. The summed E-state index contributed by atoms with van der Waals surface area (Å²) < 4.78 is 22.6. The molecule has 198 valence electrons. The minimum Gasteiger partial charge on any atom is -0.497 e. The number of amides is 1. The second-order valence-corrected chi connectivity index (χ2v) is 9.28. The average Bonchev–Trinajstić information content (AvgIpc) is 3.39. The van der Waals surface area contributed by atoms with Crippen LogP contribution < -0.4 is 18.9 Å². The van der Waals surface area contributed by atoms with Gasteiger partial charge < -0.3 is 18.9 Å². The molecule has 0 aromatic heterocycles. The molecule has 2 aliphatic heterocycles. The van der Waals surface area contributed by atoms with Crippen molar-refractivity contribution in [3.63, 3.8) is 0 Å². The lowest BCUT2D eigenvalue weighted by molar-refractivity contribution is -0.114. The predicted octanol–water partition coefficient (Wildman–Crippen LogP) is 5.86. The molecule has 0 fully saturated rings. The van der Waals surface area contributed by atoms with Crippen LogP contribution in [-0.2, 0) is 4.79 Å². The zero-order valence-electron chi connectivity index (χ0n) is 21.5. The van der Waals surface area contributed by atoms with Gasteiger partial charge in [-0.3, -0.25) is 15.1 Å². The first-order valence-corrected chi connectivity index (χ1v) is 13.3. The number of hydrogen-bond acceptors (Lipinski definition) is 7. The third-order valence-corrected chi connectivity index (χ3v) is 6.76. The van der Waals surface area contributed by atoms with Gasteiger partial charge in [-0.25, -0.2) is 0 Å². The van der Waals surface area contributed by atoms with Crippen LogP contribution in [0.15, 0.2) is 88.8 Å². The summed E-state index contributed by atoms with van der Waals surface area (Å²) in [7, 11) is 1.62. The SMILES string of the molecule is CCOc1cc(/C=C2/C(=N)N3C(c4ccccc4)=CSC3=NC2=O)ccc1OCCOc1ccc(OC)cc1. The van der Waals surface area contributed by atoms with E-state index in [0.29, 0.717) is 42.1 Å². The van der Waals surface area contributed by atoms with E-state index in [0.717, 1.165) is 22.8 Å². The predicted molar refractivity (Wildman–Crippen MR) is 154 cm³/mol. The highest BCUT2D eigenvalue weighted by Gasteiger charge is 2.36. The van der Waals surface area contributed by atoms with Crippen LogP contribution in [0.3, 0.4) is 0 Å². The minimum atomic E-state index is -0.449. The molecule has 2 heterocycles. The molecular formula is C30H27N3O5S. The minimum absolute atomic E-state index is 0.0825. The van der Waals surface area contributed by atoms with Crippen LogP contribution in [0.1, 0.15) is 18.1 Å². The van der Waals surface area contributed by atoms with Gasteiger partial charge in [0, 0.05) is 5.41 Å². The van der Waals surface area contributed by atoms with E-state index in [-0.39, 0.29) is 11.4 Å². The number of nitrogens with one attached hydrogen (secondary N) is 1. The van der Waals surface area contributed by atoms with Crippen LogP contribution in [0.4, 0.5) is 0 Å². The molecule has 0 saturated heterocycles. The maximum absolute atomic E-state index is 12.9. The third kappa shape index (κ3) is 5.83. The molecule has 9 heteroatoms. The lowest BCUT2D eigenvalue weighted by atomic mass is 10.1. The quantitative estimate of drug-likeness (QED) is 0.254. The first kappa shape index (κ1) is 26.1.